The summed E-state index contributed by atoms with van der Waals surface area (Å²) < 4.78 is 5.24. The molecule has 1 heterocycles. The lowest BCUT2D eigenvalue weighted by Gasteiger charge is -2.22. The Labute approximate surface area is 164 Å². The molecule has 2 aromatic rings. The van der Waals surface area contributed by atoms with Crippen LogP contribution in [0.25, 0.3) is 0 Å². The fraction of sp³-hybridized carbons (Fsp3) is 0.400. The van der Waals surface area contributed by atoms with Gasteiger partial charge in [0.2, 0.25) is 0 Å². The molecular formula is C20H26N4O4. The number of amides is 2. The summed E-state index contributed by atoms with van der Waals surface area (Å²) in [6.07, 6.45) is 1.27. The number of rotatable bonds is 6. The molecule has 0 bridgehead atoms. The molecule has 0 fully saturated rings. The molecule has 0 aliphatic carbocycles. The fourth-order valence-electron chi connectivity index (χ4n) is 2.46. The third-order valence-corrected chi connectivity index (χ3v) is 3.79. The lowest BCUT2D eigenvalue weighted by atomic mass is 10.2. The van der Waals surface area contributed by atoms with Gasteiger partial charge in [-0.05, 0) is 33.3 Å². The number of aromatic amines is 1. The molecule has 8 nitrogen and oxygen atoms in total. The van der Waals surface area contributed by atoms with Gasteiger partial charge in [-0.3, -0.25) is 9.59 Å². The van der Waals surface area contributed by atoms with E-state index in [4.69, 9.17) is 4.74 Å². The number of carbonyl (C=O) groups is 3. The van der Waals surface area contributed by atoms with Crippen LogP contribution < -0.4 is 5.32 Å². The summed E-state index contributed by atoms with van der Waals surface area (Å²) in [6, 6.07) is 8.61. The zero-order valence-corrected chi connectivity index (χ0v) is 16.8. The highest BCUT2D eigenvalue weighted by molar-refractivity contribution is 6.05. The highest BCUT2D eigenvalue weighted by Crippen LogP contribution is 2.11. The van der Waals surface area contributed by atoms with Gasteiger partial charge in [0.1, 0.15) is 17.3 Å². The minimum atomic E-state index is -0.881. The van der Waals surface area contributed by atoms with Crippen molar-refractivity contribution < 1.29 is 19.1 Å². The quantitative estimate of drug-likeness (QED) is 0.740. The summed E-state index contributed by atoms with van der Waals surface area (Å²) in [5.74, 6) is -1.57. The zero-order chi connectivity index (χ0) is 20.9. The molecule has 28 heavy (non-hydrogen) atoms. The summed E-state index contributed by atoms with van der Waals surface area (Å²) in [5.41, 5.74) is 0.291. The number of benzene rings is 1. The van der Waals surface area contributed by atoms with Crippen molar-refractivity contribution in [3.8, 4) is 0 Å². The molecule has 2 amide bonds. The third kappa shape index (κ3) is 5.67. The van der Waals surface area contributed by atoms with E-state index in [2.05, 4.69) is 15.3 Å². The minimum absolute atomic E-state index is 0.0623. The van der Waals surface area contributed by atoms with Gasteiger partial charge in [0.25, 0.3) is 11.8 Å². The van der Waals surface area contributed by atoms with Crippen LogP contribution in [0.2, 0.25) is 0 Å². The first-order chi connectivity index (χ1) is 13.1. The Bertz CT molecular complexity index is 839. The first-order valence-corrected chi connectivity index (χ1v) is 8.95. The van der Waals surface area contributed by atoms with Crippen molar-refractivity contribution in [2.75, 3.05) is 7.05 Å². The van der Waals surface area contributed by atoms with Crippen molar-refractivity contribution in [1.29, 1.82) is 0 Å². The topological polar surface area (TPSA) is 104 Å². The van der Waals surface area contributed by atoms with E-state index in [-0.39, 0.29) is 17.3 Å². The van der Waals surface area contributed by atoms with Gasteiger partial charge in [0.15, 0.2) is 5.69 Å². The van der Waals surface area contributed by atoms with Crippen molar-refractivity contribution in [2.45, 2.75) is 45.9 Å². The van der Waals surface area contributed by atoms with Gasteiger partial charge >= 0.3 is 5.97 Å². The van der Waals surface area contributed by atoms with Crippen LogP contribution in [-0.2, 0) is 16.1 Å². The Balaban J connectivity index is 2.06. The monoisotopic (exact) mass is 386 g/mol. The van der Waals surface area contributed by atoms with Crippen LogP contribution in [0.1, 0.15) is 54.2 Å². The number of carbonyl (C=O) groups excluding carboxylic acids is 3. The lowest BCUT2D eigenvalue weighted by molar-refractivity contribution is -0.156. The molecule has 150 valence electrons. The number of ether oxygens (including phenoxy) is 1. The molecule has 0 radical (unpaired) electrons. The predicted octanol–water partition coefficient (Wildman–Crippen LogP) is 2.14. The zero-order valence-electron chi connectivity index (χ0n) is 16.8. The standard InChI is InChI=1S/C20H26N4O4/c1-13(19(27)28-20(2,3)4)23-17(25)15-16(22-12-21-15)18(26)24(5)11-14-9-7-6-8-10-14/h6-10,12-13H,11H2,1-5H3,(H,21,22)(H,23,25)/t13-/m0/s1. The van der Waals surface area contributed by atoms with E-state index in [0.29, 0.717) is 6.54 Å². The highest BCUT2D eigenvalue weighted by atomic mass is 16.6. The van der Waals surface area contributed by atoms with Crippen molar-refractivity contribution in [2.24, 2.45) is 0 Å². The van der Waals surface area contributed by atoms with Crippen molar-refractivity contribution >= 4 is 17.8 Å². The van der Waals surface area contributed by atoms with Crippen LogP contribution in [0.5, 0.6) is 0 Å². The molecule has 8 heteroatoms. The first-order valence-electron chi connectivity index (χ1n) is 8.95. The predicted molar refractivity (Wildman–Crippen MR) is 104 cm³/mol. The van der Waals surface area contributed by atoms with Crippen molar-refractivity contribution in [3.63, 3.8) is 0 Å². The van der Waals surface area contributed by atoms with E-state index >= 15 is 0 Å². The Morgan fingerprint density at radius 2 is 1.86 bits per heavy atom. The Kier molecular flexibility index (Phi) is 6.56. The van der Waals surface area contributed by atoms with Gasteiger partial charge < -0.3 is 19.9 Å². The van der Waals surface area contributed by atoms with Gasteiger partial charge in [0, 0.05) is 13.6 Å². The summed E-state index contributed by atoms with van der Waals surface area (Å²) in [5, 5.41) is 2.52. The molecule has 1 aromatic heterocycles. The normalized spacial score (nSPS) is 12.2. The maximum Gasteiger partial charge on any atom is 0.328 e. The second-order valence-electron chi connectivity index (χ2n) is 7.50. The largest absolute Gasteiger partial charge is 0.458 e. The highest BCUT2D eigenvalue weighted by Gasteiger charge is 2.27. The summed E-state index contributed by atoms with van der Waals surface area (Å²) in [7, 11) is 1.64. The number of hydrogen-bond donors (Lipinski definition) is 2. The molecule has 1 aromatic carbocycles. The van der Waals surface area contributed by atoms with Gasteiger partial charge in [-0.1, -0.05) is 30.3 Å². The van der Waals surface area contributed by atoms with Crippen LogP contribution in [0.3, 0.4) is 0 Å². The molecule has 0 aliphatic rings. The molecule has 0 saturated heterocycles. The van der Waals surface area contributed by atoms with Gasteiger partial charge in [-0.15, -0.1) is 0 Å². The van der Waals surface area contributed by atoms with E-state index in [0.717, 1.165) is 5.56 Å². The fourth-order valence-corrected chi connectivity index (χ4v) is 2.46. The van der Waals surface area contributed by atoms with Gasteiger partial charge in [0.05, 0.1) is 6.33 Å². The molecule has 0 aliphatic heterocycles. The number of aromatic nitrogens is 2. The smallest absolute Gasteiger partial charge is 0.328 e. The van der Waals surface area contributed by atoms with Crippen LogP contribution in [0.4, 0.5) is 0 Å². The second kappa shape index (κ2) is 8.69. The van der Waals surface area contributed by atoms with Crippen LogP contribution in [0, 0.1) is 0 Å². The Morgan fingerprint density at radius 3 is 2.46 bits per heavy atom. The maximum atomic E-state index is 12.7. The number of nitrogens with zero attached hydrogens (tertiary/aromatic N) is 2. The molecule has 0 unspecified atom stereocenters. The summed E-state index contributed by atoms with van der Waals surface area (Å²) in [4.78, 5) is 45.4. The van der Waals surface area contributed by atoms with Crippen LogP contribution in [0.15, 0.2) is 36.7 Å². The average molecular weight is 386 g/mol. The van der Waals surface area contributed by atoms with Gasteiger partial charge in [-0.25, -0.2) is 9.78 Å². The van der Waals surface area contributed by atoms with E-state index in [1.807, 2.05) is 30.3 Å². The number of hydrogen-bond acceptors (Lipinski definition) is 5. The second-order valence-corrected chi connectivity index (χ2v) is 7.50. The van der Waals surface area contributed by atoms with Crippen LogP contribution >= 0.6 is 0 Å². The lowest BCUT2D eigenvalue weighted by Crippen LogP contribution is -2.43. The number of nitrogens with one attached hydrogen (secondary N) is 2. The summed E-state index contributed by atoms with van der Waals surface area (Å²) >= 11 is 0. The molecular weight excluding hydrogens is 360 g/mol. The minimum Gasteiger partial charge on any atom is -0.458 e. The maximum absolute atomic E-state index is 12.7. The molecule has 0 spiro atoms. The Morgan fingerprint density at radius 1 is 1.21 bits per heavy atom. The molecule has 2 N–H and O–H groups in total. The Hall–Kier alpha value is -3.16. The average Bonchev–Trinajstić information content (AvgIpc) is 3.10. The molecule has 2 rings (SSSR count). The third-order valence-electron chi connectivity index (χ3n) is 3.79. The van der Waals surface area contributed by atoms with Crippen molar-refractivity contribution in [3.05, 3.63) is 53.6 Å². The van der Waals surface area contributed by atoms with Crippen molar-refractivity contribution in [1.82, 2.24) is 20.2 Å². The molecule has 1 atom stereocenters. The molecule has 0 saturated carbocycles. The number of H-pyrrole nitrogens is 1. The van der Waals surface area contributed by atoms with Crippen LogP contribution in [-0.4, -0.2) is 51.3 Å². The van der Waals surface area contributed by atoms with E-state index in [1.54, 1.807) is 27.8 Å². The van der Waals surface area contributed by atoms with Gasteiger partial charge in [-0.2, -0.15) is 0 Å². The van der Waals surface area contributed by atoms with E-state index in [1.165, 1.54) is 18.2 Å². The van der Waals surface area contributed by atoms with E-state index < -0.39 is 23.5 Å². The van der Waals surface area contributed by atoms with E-state index in [9.17, 15) is 14.4 Å². The summed E-state index contributed by atoms with van der Waals surface area (Å²) in [6.45, 7) is 7.13. The SMILES string of the molecule is C[C@H](NC(=O)c1nc[nH]c1C(=O)N(C)Cc1ccccc1)C(=O)OC(C)(C)C. The number of esters is 1. The first kappa shape index (κ1) is 21.1. The number of imidazole rings is 1.